The molecule has 1 aliphatic rings. The maximum Gasteiger partial charge on any atom is 0.108 e. The zero-order chi connectivity index (χ0) is 16.7. The molecule has 4 rings (SSSR count). The predicted molar refractivity (Wildman–Crippen MR) is 103 cm³/mol. The number of H-pyrrole nitrogens is 1. The monoisotopic (exact) mass is 354 g/mol. The molecule has 5 heteroatoms. The van der Waals surface area contributed by atoms with Crippen LogP contribution in [0.25, 0.3) is 10.9 Å². The molecule has 0 spiro atoms. The van der Waals surface area contributed by atoms with Crippen LogP contribution in [0, 0.1) is 11.4 Å². The summed E-state index contributed by atoms with van der Waals surface area (Å²) in [7, 11) is -0.944. The average Bonchev–Trinajstić information content (AvgIpc) is 2.75. The van der Waals surface area contributed by atoms with Gasteiger partial charge in [-0.3, -0.25) is 4.21 Å². The molecule has 2 heterocycles. The molecule has 0 radical (unpaired) electrons. The molecule has 0 saturated heterocycles. The van der Waals surface area contributed by atoms with Crippen LogP contribution in [0.15, 0.2) is 53.4 Å². The van der Waals surface area contributed by atoms with E-state index in [4.69, 9.17) is 12.2 Å². The van der Waals surface area contributed by atoms with E-state index < -0.39 is 10.8 Å². The molecule has 2 aromatic carbocycles. The highest BCUT2D eigenvalue weighted by Gasteiger charge is 2.19. The SMILES string of the molecule is Cc1ccc2[nH]c(N3CCS(=O)c4ccccc4C3)cc(=S)c2c1. The Kier molecular flexibility index (Phi) is 3.98. The molecule has 3 nitrogen and oxygen atoms in total. The Morgan fingerprint density at radius 2 is 2.00 bits per heavy atom. The molecule has 3 aromatic rings. The van der Waals surface area contributed by atoms with Crippen LogP contribution in [0.4, 0.5) is 5.82 Å². The molecule has 0 bridgehead atoms. The number of nitrogens with zero attached hydrogens (tertiary/aromatic N) is 1. The van der Waals surface area contributed by atoms with Gasteiger partial charge in [-0.05, 0) is 36.8 Å². The lowest BCUT2D eigenvalue weighted by Gasteiger charge is -2.23. The first-order valence-corrected chi connectivity index (χ1v) is 9.69. The van der Waals surface area contributed by atoms with Crippen LogP contribution in [0.3, 0.4) is 0 Å². The first-order valence-electron chi connectivity index (χ1n) is 7.97. The van der Waals surface area contributed by atoms with Crippen LogP contribution in [-0.2, 0) is 17.3 Å². The second-order valence-corrected chi connectivity index (χ2v) is 8.13. The van der Waals surface area contributed by atoms with Crippen molar-refractivity contribution >= 4 is 39.7 Å². The molecule has 0 saturated carbocycles. The normalized spacial score (nSPS) is 17.5. The second-order valence-electron chi connectivity index (χ2n) is 6.15. The van der Waals surface area contributed by atoms with Crippen molar-refractivity contribution in [2.75, 3.05) is 17.2 Å². The van der Waals surface area contributed by atoms with Gasteiger partial charge in [-0.1, -0.05) is 42.0 Å². The zero-order valence-electron chi connectivity index (χ0n) is 13.4. The standard InChI is InChI=1S/C19H18N2OS2/c1-13-6-7-16-15(10-13)17(23)11-19(20-16)21-8-9-24(22)18-5-3-2-4-14(18)12-21/h2-7,10-11H,8-9,12H2,1H3,(H,20,23). The summed E-state index contributed by atoms with van der Waals surface area (Å²) in [5.41, 5.74) is 3.37. The number of aryl methyl sites for hydroxylation is 1. The minimum Gasteiger partial charge on any atom is -0.353 e. The Morgan fingerprint density at radius 1 is 1.17 bits per heavy atom. The third kappa shape index (κ3) is 2.78. The van der Waals surface area contributed by atoms with Crippen molar-refractivity contribution in [1.29, 1.82) is 0 Å². The fraction of sp³-hybridized carbons (Fsp3) is 0.211. The minimum atomic E-state index is -0.944. The van der Waals surface area contributed by atoms with Crippen molar-refractivity contribution in [3.63, 3.8) is 0 Å². The lowest BCUT2D eigenvalue weighted by Crippen LogP contribution is -2.25. The Bertz CT molecular complexity index is 1010. The number of hydrogen-bond donors (Lipinski definition) is 1. The Balaban J connectivity index is 1.79. The molecule has 1 atom stereocenters. The van der Waals surface area contributed by atoms with E-state index in [0.29, 0.717) is 5.75 Å². The maximum absolute atomic E-state index is 12.5. The van der Waals surface area contributed by atoms with E-state index in [0.717, 1.165) is 44.8 Å². The van der Waals surface area contributed by atoms with Crippen molar-refractivity contribution in [2.24, 2.45) is 0 Å². The van der Waals surface area contributed by atoms with Crippen LogP contribution in [-0.4, -0.2) is 21.5 Å². The van der Waals surface area contributed by atoms with Gasteiger partial charge in [-0.2, -0.15) is 0 Å². The number of hydrogen-bond acceptors (Lipinski definition) is 3. The van der Waals surface area contributed by atoms with Crippen LogP contribution in [0.5, 0.6) is 0 Å². The van der Waals surface area contributed by atoms with E-state index in [9.17, 15) is 4.21 Å². The summed E-state index contributed by atoms with van der Waals surface area (Å²) in [6.45, 7) is 3.55. The molecule has 0 aliphatic carbocycles. The van der Waals surface area contributed by atoms with Gasteiger partial charge in [0.25, 0.3) is 0 Å². The van der Waals surface area contributed by atoms with Crippen molar-refractivity contribution in [3.05, 3.63) is 64.2 Å². The first kappa shape index (κ1) is 15.5. The van der Waals surface area contributed by atoms with Gasteiger partial charge in [0.2, 0.25) is 0 Å². The summed E-state index contributed by atoms with van der Waals surface area (Å²) in [5.74, 6) is 1.62. The minimum absolute atomic E-state index is 0.629. The van der Waals surface area contributed by atoms with Crippen molar-refractivity contribution in [1.82, 2.24) is 4.98 Å². The Labute approximate surface area is 148 Å². The smallest absolute Gasteiger partial charge is 0.108 e. The van der Waals surface area contributed by atoms with Gasteiger partial charge in [0.1, 0.15) is 5.82 Å². The fourth-order valence-corrected chi connectivity index (χ4v) is 4.71. The number of benzene rings is 2. The van der Waals surface area contributed by atoms with Crippen LogP contribution < -0.4 is 4.90 Å². The molecule has 0 amide bonds. The Hall–Kier alpha value is -1.98. The van der Waals surface area contributed by atoms with E-state index in [1.807, 2.05) is 24.3 Å². The molecule has 1 unspecified atom stereocenters. The number of rotatable bonds is 1. The largest absolute Gasteiger partial charge is 0.353 e. The predicted octanol–water partition coefficient (Wildman–Crippen LogP) is 4.33. The summed E-state index contributed by atoms with van der Waals surface area (Å²) < 4.78 is 13.3. The quantitative estimate of drug-likeness (QED) is 0.661. The van der Waals surface area contributed by atoms with Gasteiger partial charge in [-0.25, -0.2) is 0 Å². The van der Waals surface area contributed by atoms with E-state index >= 15 is 0 Å². The number of nitrogens with one attached hydrogen (secondary N) is 1. The lowest BCUT2D eigenvalue weighted by atomic mass is 10.1. The molecule has 1 aromatic heterocycles. The summed E-state index contributed by atoms with van der Waals surface area (Å²) in [6.07, 6.45) is 0. The van der Waals surface area contributed by atoms with Gasteiger partial charge in [0.05, 0.1) is 15.3 Å². The topological polar surface area (TPSA) is 36.1 Å². The maximum atomic E-state index is 12.5. The first-order chi connectivity index (χ1) is 11.6. The van der Waals surface area contributed by atoms with Gasteiger partial charge >= 0.3 is 0 Å². The number of fused-ring (bicyclic) bond motifs is 2. The van der Waals surface area contributed by atoms with Crippen molar-refractivity contribution in [2.45, 2.75) is 18.4 Å². The fourth-order valence-electron chi connectivity index (χ4n) is 3.17. The number of aromatic nitrogens is 1. The van der Waals surface area contributed by atoms with Crippen LogP contribution in [0.1, 0.15) is 11.1 Å². The summed E-state index contributed by atoms with van der Waals surface area (Å²) >= 11 is 5.60. The number of aromatic amines is 1. The van der Waals surface area contributed by atoms with Gasteiger partial charge < -0.3 is 9.88 Å². The van der Waals surface area contributed by atoms with Crippen LogP contribution in [0.2, 0.25) is 0 Å². The lowest BCUT2D eigenvalue weighted by molar-refractivity contribution is 0.683. The third-order valence-corrected chi connectivity index (χ3v) is 6.22. The third-order valence-electron chi connectivity index (χ3n) is 4.44. The molecule has 1 N–H and O–H groups in total. The molecule has 1 aliphatic heterocycles. The number of pyridine rings is 1. The highest BCUT2D eigenvalue weighted by Crippen LogP contribution is 2.26. The van der Waals surface area contributed by atoms with Crippen molar-refractivity contribution in [3.8, 4) is 0 Å². The van der Waals surface area contributed by atoms with Gasteiger partial charge in [0.15, 0.2) is 0 Å². The molecule has 24 heavy (non-hydrogen) atoms. The highest BCUT2D eigenvalue weighted by molar-refractivity contribution is 7.85. The molecular weight excluding hydrogens is 336 g/mol. The average molecular weight is 355 g/mol. The summed E-state index contributed by atoms with van der Waals surface area (Å²) in [4.78, 5) is 6.69. The molecular formula is C19H18N2OS2. The second kappa shape index (κ2) is 6.15. The van der Waals surface area contributed by atoms with Crippen molar-refractivity contribution < 1.29 is 4.21 Å². The molecule has 0 fully saturated rings. The van der Waals surface area contributed by atoms with E-state index in [-0.39, 0.29) is 0 Å². The van der Waals surface area contributed by atoms with E-state index in [1.165, 1.54) is 5.56 Å². The summed E-state index contributed by atoms with van der Waals surface area (Å²) in [6, 6.07) is 16.3. The van der Waals surface area contributed by atoms with E-state index in [2.05, 4.69) is 41.1 Å². The Morgan fingerprint density at radius 3 is 2.88 bits per heavy atom. The highest BCUT2D eigenvalue weighted by atomic mass is 32.2. The molecule has 122 valence electrons. The van der Waals surface area contributed by atoms with Gasteiger partial charge in [0, 0.05) is 34.6 Å². The van der Waals surface area contributed by atoms with Gasteiger partial charge in [-0.15, -0.1) is 0 Å². The summed E-state index contributed by atoms with van der Waals surface area (Å²) in [5, 5.41) is 1.08. The van der Waals surface area contributed by atoms with Crippen LogP contribution >= 0.6 is 12.2 Å². The number of anilines is 1. The zero-order valence-corrected chi connectivity index (χ0v) is 15.0. The van der Waals surface area contributed by atoms with E-state index in [1.54, 1.807) is 0 Å².